The van der Waals surface area contributed by atoms with Crippen LogP contribution in [0.1, 0.15) is 42.5 Å². The van der Waals surface area contributed by atoms with Gasteiger partial charge in [0.2, 0.25) is 5.91 Å². The molecule has 7 nitrogen and oxygen atoms in total. The second kappa shape index (κ2) is 9.17. The van der Waals surface area contributed by atoms with E-state index in [4.69, 9.17) is 10.5 Å². The number of nitrogens with two attached hydrogens (primary N) is 1. The van der Waals surface area contributed by atoms with Crippen LogP contribution >= 0.6 is 0 Å². The molecule has 0 saturated carbocycles. The lowest BCUT2D eigenvalue weighted by Crippen LogP contribution is -2.48. The number of amides is 2. The van der Waals surface area contributed by atoms with Crippen LogP contribution < -0.4 is 11.1 Å². The third-order valence-corrected chi connectivity index (χ3v) is 4.24. The Hall–Kier alpha value is -2.41. The van der Waals surface area contributed by atoms with Gasteiger partial charge in [0.1, 0.15) is 6.04 Å². The first-order chi connectivity index (χ1) is 12.1. The van der Waals surface area contributed by atoms with Crippen molar-refractivity contribution in [3.8, 4) is 0 Å². The first kappa shape index (κ1) is 18.9. The van der Waals surface area contributed by atoms with E-state index in [9.17, 15) is 14.4 Å². The van der Waals surface area contributed by atoms with Crippen LogP contribution in [0.3, 0.4) is 0 Å². The molecule has 0 radical (unpaired) electrons. The minimum absolute atomic E-state index is 0.138. The molecule has 2 amide bonds. The van der Waals surface area contributed by atoms with Crippen LogP contribution in [0.4, 0.5) is 5.69 Å². The molecular formula is C18H25N3O4. The van der Waals surface area contributed by atoms with Crippen molar-refractivity contribution in [1.29, 1.82) is 0 Å². The number of hydrogen-bond donors (Lipinski definition) is 2. The summed E-state index contributed by atoms with van der Waals surface area (Å²) in [5.41, 5.74) is 6.39. The van der Waals surface area contributed by atoms with Gasteiger partial charge in [-0.2, -0.15) is 0 Å². The second-order valence-corrected chi connectivity index (χ2v) is 6.05. The Balaban J connectivity index is 2.11. The average Bonchev–Trinajstić information content (AvgIpc) is 2.65. The molecule has 0 aromatic heterocycles. The van der Waals surface area contributed by atoms with Crippen LogP contribution in [0.5, 0.6) is 0 Å². The van der Waals surface area contributed by atoms with E-state index >= 15 is 0 Å². The summed E-state index contributed by atoms with van der Waals surface area (Å²) in [7, 11) is 1.33. The summed E-state index contributed by atoms with van der Waals surface area (Å²) >= 11 is 0. The van der Waals surface area contributed by atoms with Crippen molar-refractivity contribution in [2.45, 2.75) is 38.1 Å². The Morgan fingerprint density at radius 1 is 1.32 bits per heavy atom. The van der Waals surface area contributed by atoms with Crippen LogP contribution in [-0.4, -0.2) is 48.9 Å². The van der Waals surface area contributed by atoms with Gasteiger partial charge < -0.3 is 20.7 Å². The van der Waals surface area contributed by atoms with Gasteiger partial charge in [-0.3, -0.25) is 9.59 Å². The Kier molecular flexibility index (Phi) is 6.94. The van der Waals surface area contributed by atoms with Gasteiger partial charge in [-0.1, -0.05) is 6.07 Å². The molecule has 1 aromatic rings. The third kappa shape index (κ3) is 5.03. The molecule has 1 saturated heterocycles. The van der Waals surface area contributed by atoms with Crippen LogP contribution in [-0.2, 0) is 14.3 Å². The number of ether oxygens (including phenoxy) is 1. The number of carbonyl (C=O) groups is 3. The molecule has 1 aromatic carbocycles. The lowest BCUT2D eigenvalue weighted by molar-refractivity contribution is -0.147. The molecular weight excluding hydrogens is 322 g/mol. The molecule has 2 rings (SSSR count). The number of rotatable bonds is 6. The number of benzene rings is 1. The number of likely N-dealkylation sites (tertiary alicyclic amines) is 1. The topological polar surface area (TPSA) is 102 Å². The summed E-state index contributed by atoms with van der Waals surface area (Å²) in [6, 6.07) is 6.20. The minimum atomic E-state index is -0.547. The van der Waals surface area contributed by atoms with Gasteiger partial charge in [-0.15, -0.1) is 0 Å². The first-order valence-electron chi connectivity index (χ1n) is 8.55. The maximum atomic E-state index is 12.8. The maximum absolute atomic E-state index is 12.8. The average molecular weight is 347 g/mol. The summed E-state index contributed by atoms with van der Waals surface area (Å²) in [4.78, 5) is 38.1. The number of carbonyl (C=O) groups excluding carboxylic acids is 3. The van der Waals surface area contributed by atoms with E-state index in [1.807, 2.05) is 0 Å². The zero-order valence-corrected chi connectivity index (χ0v) is 14.5. The maximum Gasteiger partial charge on any atom is 0.328 e. The fraction of sp³-hybridized carbons (Fsp3) is 0.500. The normalized spacial score (nSPS) is 17.0. The quantitative estimate of drug-likeness (QED) is 0.760. The summed E-state index contributed by atoms with van der Waals surface area (Å²) < 4.78 is 4.82. The van der Waals surface area contributed by atoms with E-state index in [-0.39, 0.29) is 17.8 Å². The van der Waals surface area contributed by atoms with Gasteiger partial charge in [0.15, 0.2) is 0 Å². The number of piperidine rings is 1. The predicted molar refractivity (Wildman–Crippen MR) is 94.1 cm³/mol. The van der Waals surface area contributed by atoms with Gasteiger partial charge >= 0.3 is 5.97 Å². The van der Waals surface area contributed by atoms with Crippen molar-refractivity contribution in [3.05, 3.63) is 29.8 Å². The van der Waals surface area contributed by atoms with E-state index in [0.717, 1.165) is 12.8 Å². The van der Waals surface area contributed by atoms with Crippen molar-refractivity contribution in [2.75, 3.05) is 25.5 Å². The molecule has 1 unspecified atom stereocenters. The standard InChI is InChI=1S/C18H25N3O4/c1-25-18(24)15-8-2-3-11-21(15)17(23)13-6-4-7-14(12-13)20-16(22)9-5-10-19/h4,6-7,12,15H,2-3,5,8-11,19H2,1H3,(H,20,22). The Bertz CT molecular complexity index is 633. The first-order valence-corrected chi connectivity index (χ1v) is 8.55. The Labute approximate surface area is 147 Å². The van der Waals surface area contributed by atoms with Crippen LogP contribution in [0, 0.1) is 0 Å². The van der Waals surface area contributed by atoms with Crippen molar-refractivity contribution in [3.63, 3.8) is 0 Å². The second-order valence-electron chi connectivity index (χ2n) is 6.05. The molecule has 0 spiro atoms. The zero-order valence-electron chi connectivity index (χ0n) is 14.5. The van der Waals surface area contributed by atoms with Crippen LogP contribution in [0.25, 0.3) is 0 Å². The Morgan fingerprint density at radius 2 is 2.12 bits per heavy atom. The number of esters is 1. The number of hydrogen-bond acceptors (Lipinski definition) is 5. The monoisotopic (exact) mass is 347 g/mol. The van der Waals surface area contributed by atoms with E-state index in [1.165, 1.54) is 7.11 Å². The summed E-state index contributed by atoms with van der Waals surface area (Å²) in [5.74, 6) is -0.757. The number of anilines is 1. The highest BCUT2D eigenvalue weighted by Crippen LogP contribution is 2.22. The summed E-state index contributed by atoms with van der Waals surface area (Å²) in [6.07, 6.45) is 3.30. The fourth-order valence-corrected chi connectivity index (χ4v) is 2.94. The molecule has 0 bridgehead atoms. The van der Waals surface area contributed by atoms with Gasteiger partial charge in [0, 0.05) is 24.2 Å². The molecule has 3 N–H and O–H groups in total. The highest BCUT2D eigenvalue weighted by molar-refractivity contribution is 5.99. The molecule has 7 heteroatoms. The summed E-state index contributed by atoms with van der Waals surface area (Å²) in [6.45, 7) is 0.974. The molecule has 1 fully saturated rings. The van der Waals surface area contributed by atoms with Crippen LogP contribution in [0.2, 0.25) is 0 Å². The number of nitrogens with one attached hydrogen (secondary N) is 1. The molecule has 1 aliphatic heterocycles. The van der Waals surface area contributed by atoms with Gasteiger partial charge in [0.05, 0.1) is 7.11 Å². The minimum Gasteiger partial charge on any atom is -0.467 e. The summed E-state index contributed by atoms with van der Waals surface area (Å²) in [5, 5.41) is 2.76. The van der Waals surface area contributed by atoms with Crippen molar-refractivity contribution in [1.82, 2.24) is 4.90 Å². The van der Waals surface area contributed by atoms with Crippen molar-refractivity contribution in [2.24, 2.45) is 5.73 Å². The van der Waals surface area contributed by atoms with E-state index in [0.29, 0.717) is 43.6 Å². The number of nitrogens with zero attached hydrogens (tertiary/aromatic N) is 1. The molecule has 1 atom stereocenters. The molecule has 1 heterocycles. The number of methoxy groups -OCH3 is 1. The largest absolute Gasteiger partial charge is 0.467 e. The third-order valence-electron chi connectivity index (χ3n) is 4.24. The van der Waals surface area contributed by atoms with E-state index in [1.54, 1.807) is 29.2 Å². The van der Waals surface area contributed by atoms with Gasteiger partial charge in [0.25, 0.3) is 5.91 Å². The van der Waals surface area contributed by atoms with Gasteiger partial charge in [-0.25, -0.2) is 4.79 Å². The molecule has 1 aliphatic rings. The molecule has 25 heavy (non-hydrogen) atoms. The van der Waals surface area contributed by atoms with E-state index < -0.39 is 6.04 Å². The molecule has 136 valence electrons. The van der Waals surface area contributed by atoms with Gasteiger partial charge in [-0.05, 0) is 50.4 Å². The SMILES string of the molecule is COC(=O)C1CCCCN1C(=O)c1cccc(NC(=O)CCCN)c1. The highest BCUT2D eigenvalue weighted by atomic mass is 16.5. The highest BCUT2D eigenvalue weighted by Gasteiger charge is 2.33. The fourth-order valence-electron chi connectivity index (χ4n) is 2.94. The van der Waals surface area contributed by atoms with E-state index in [2.05, 4.69) is 5.32 Å². The van der Waals surface area contributed by atoms with Crippen molar-refractivity contribution >= 4 is 23.5 Å². The van der Waals surface area contributed by atoms with Crippen molar-refractivity contribution < 1.29 is 19.1 Å². The molecule has 0 aliphatic carbocycles. The van der Waals surface area contributed by atoms with Crippen LogP contribution in [0.15, 0.2) is 24.3 Å². The lowest BCUT2D eigenvalue weighted by Gasteiger charge is -2.33. The smallest absolute Gasteiger partial charge is 0.328 e. The lowest BCUT2D eigenvalue weighted by atomic mass is 10.0. The predicted octanol–water partition coefficient (Wildman–Crippen LogP) is 1.53. The zero-order chi connectivity index (χ0) is 18.2. The Morgan fingerprint density at radius 3 is 2.84 bits per heavy atom.